The van der Waals surface area contributed by atoms with Gasteiger partial charge in [-0.05, 0) is 6.07 Å². The van der Waals surface area contributed by atoms with Crippen molar-refractivity contribution in [1.82, 2.24) is 0 Å². The lowest BCUT2D eigenvalue weighted by atomic mass is 10.2. The average molecular weight is 286 g/mol. The molecule has 0 bridgehead atoms. The summed E-state index contributed by atoms with van der Waals surface area (Å²) in [4.78, 5) is 0. The van der Waals surface area contributed by atoms with Gasteiger partial charge in [-0.25, -0.2) is 0 Å². The first-order valence-electron chi connectivity index (χ1n) is 3.78. The van der Waals surface area contributed by atoms with Crippen LogP contribution in [0.2, 0.25) is 0 Å². The van der Waals surface area contributed by atoms with E-state index in [1.165, 1.54) is 6.07 Å². The number of aliphatic hydroxyl groups excluding tert-OH is 1. The van der Waals surface area contributed by atoms with Gasteiger partial charge in [0, 0.05) is 21.8 Å². The normalized spacial score (nSPS) is 11.5. The van der Waals surface area contributed by atoms with Crippen molar-refractivity contribution in [2.24, 2.45) is 0 Å². The lowest BCUT2D eigenvalue weighted by Crippen LogP contribution is -2.18. The quantitative estimate of drug-likeness (QED) is 0.821. The second-order valence-corrected chi connectivity index (χ2v) is 3.54. The fourth-order valence-corrected chi connectivity index (χ4v) is 1.59. The first-order chi connectivity index (χ1) is 6.83. The van der Waals surface area contributed by atoms with Gasteiger partial charge in [-0.3, -0.25) is 0 Å². The van der Waals surface area contributed by atoms with Crippen molar-refractivity contribution in [3.63, 3.8) is 0 Å². The van der Waals surface area contributed by atoms with Gasteiger partial charge in [0.2, 0.25) is 0 Å². The Bertz CT molecular complexity index is 368. The van der Waals surface area contributed by atoms with Crippen LogP contribution in [-0.2, 0) is 6.61 Å². The van der Waals surface area contributed by atoms with Gasteiger partial charge in [0.05, 0.1) is 6.61 Å². The molecule has 0 saturated heterocycles. The van der Waals surface area contributed by atoms with Gasteiger partial charge in [-0.2, -0.15) is 0 Å². The molecule has 1 aromatic rings. The molecule has 3 N–H and O–H groups in total. The lowest BCUT2D eigenvalue weighted by Gasteiger charge is -2.13. The van der Waals surface area contributed by atoms with Crippen molar-refractivity contribution >= 4 is 21.6 Å². The van der Waals surface area contributed by atoms with Gasteiger partial charge in [0.15, 0.2) is 0 Å². The second-order valence-electron chi connectivity index (χ2n) is 2.69. The summed E-state index contributed by atoms with van der Waals surface area (Å²) in [5.74, 6) is -0.503. The Labute approximate surface area is 91.8 Å². The maximum Gasteiger partial charge on any atom is 0.573 e. The predicted octanol–water partition coefficient (Wildman–Crippen LogP) is 2.42. The van der Waals surface area contributed by atoms with Crippen molar-refractivity contribution in [2.45, 2.75) is 13.0 Å². The minimum Gasteiger partial charge on any atom is -0.405 e. The van der Waals surface area contributed by atoms with E-state index < -0.39 is 18.7 Å². The van der Waals surface area contributed by atoms with E-state index in [-0.39, 0.29) is 15.7 Å². The molecule has 0 unspecified atom stereocenters. The van der Waals surface area contributed by atoms with Gasteiger partial charge >= 0.3 is 6.36 Å². The molecular formula is C8H7BrF3NO2. The van der Waals surface area contributed by atoms with E-state index in [0.29, 0.717) is 0 Å². The number of nitrogens with two attached hydrogens (primary N) is 1. The van der Waals surface area contributed by atoms with Crippen molar-refractivity contribution in [2.75, 3.05) is 5.73 Å². The minimum absolute atomic E-state index is 0.00141. The number of hydrogen-bond acceptors (Lipinski definition) is 3. The van der Waals surface area contributed by atoms with Gasteiger partial charge in [-0.1, -0.05) is 15.9 Å². The Morgan fingerprint density at radius 2 is 2.00 bits per heavy atom. The molecule has 0 heterocycles. The highest BCUT2D eigenvalue weighted by molar-refractivity contribution is 9.10. The van der Waals surface area contributed by atoms with E-state index in [9.17, 15) is 13.2 Å². The largest absolute Gasteiger partial charge is 0.573 e. The number of aliphatic hydroxyl groups is 1. The van der Waals surface area contributed by atoms with Crippen LogP contribution in [0.5, 0.6) is 5.75 Å². The van der Waals surface area contributed by atoms with Gasteiger partial charge in [0.1, 0.15) is 5.75 Å². The fourth-order valence-electron chi connectivity index (χ4n) is 1.00. The zero-order chi connectivity index (χ0) is 11.6. The van der Waals surface area contributed by atoms with Crippen LogP contribution in [-0.4, -0.2) is 11.5 Å². The van der Waals surface area contributed by atoms with E-state index >= 15 is 0 Å². The number of nitrogen functional groups attached to an aromatic ring is 1. The van der Waals surface area contributed by atoms with Gasteiger partial charge in [0.25, 0.3) is 0 Å². The smallest absolute Gasteiger partial charge is 0.405 e. The van der Waals surface area contributed by atoms with Crippen molar-refractivity contribution < 1.29 is 23.0 Å². The Morgan fingerprint density at radius 1 is 1.40 bits per heavy atom. The molecule has 0 aliphatic rings. The SMILES string of the molecule is Nc1cc(Br)c(CO)c(OC(F)(F)F)c1. The summed E-state index contributed by atoms with van der Waals surface area (Å²) < 4.78 is 39.9. The Hall–Kier alpha value is -0.950. The van der Waals surface area contributed by atoms with E-state index in [0.717, 1.165) is 6.07 Å². The summed E-state index contributed by atoms with van der Waals surface area (Å²) in [6.45, 7) is -0.577. The summed E-state index contributed by atoms with van der Waals surface area (Å²) in [5, 5.41) is 8.87. The molecule has 0 aromatic heterocycles. The molecule has 0 amide bonds. The molecule has 1 aromatic carbocycles. The van der Waals surface area contributed by atoms with Crippen LogP contribution >= 0.6 is 15.9 Å². The Balaban J connectivity index is 3.15. The number of rotatable bonds is 2. The van der Waals surface area contributed by atoms with Crippen LogP contribution in [0.25, 0.3) is 0 Å². The molecule has 7 heteroatoms. The third kappa shape index (κ3) is 3.28. The second kappa shape index (κ2) is 4.28. The predicted molar refractivity (Wildman–Crippen MR) is 51.2 cm³/mol. The number of alkyl halides is 3. The molecule has 84 valence electrons. The molecule has 0 aliphatic heterocycles. The molecule has 0 saturated carbocycles. The van der Waals surface area contributed by atoms with Crippen molar-refractivity contribution in [3.05, 3.63) is 22.2 Å². The fraction of sp³-hybridized carbons (Fsp3) is 0.250. The van der Waals surface area contributed by atoms with Crippen LogP contribution in [0.15, 0.2) is 16.6 Å². The van der Waals surface area contributed by atoms with E-state index in [1.807, 2.05) is 0 Å². The summed E-state index contributed by atoms with van der Waals surface area (Å²) in [6.07, 6.45) is -4.81. The van der Waals surface area contributed by atoms with Gasteiger partial charge < -0.3 is 15.6 Å². The van der Waals surface area contributed by atoms with Crippen molar-refractivity contribution in [1.29, 1.82) is 0 Å². The molecule has 0 radical (unpaired) electrons. The minimum atomic E-state index is -4.81. The van der Waals surface area contributed by atoms with Gasteiger partial charge in [-0.15, -0.1) is 13.2 Å². The standard InChI is InChI=1S/C8H7BrF3NO2/c9-6-1-4(13)2-7(5(6)3-14)15-8(10,11)12/h1-2,14H,3,13H2. The summed E-state index contributed by atoms with van der Waals surface area (Å²) in [5.41, 5.74) is 5.45. The lowest BCUT2D eigenvalue weighted by molar-refractivity contribution is -0.275. The summed E-state index contributed by atoms with van der Waals surface area (Å²) in [6, 6.07) is 2.39. The van der Waals surface area contributed by atoms with Crippen LogP contribution in [0.3, 0.4) is 0 Å². The Morgan fingerprint density at radius 3 is 2.47 bits per heavy atom. The zero-order valence-corrected chi connectivity index (χ0v) is 8.89. The topological polar surface area (TPSA) is 55.5 Å². The molecule has 3 nitrogen and oxygen atoms in total. The summed E-state index contributed by atoms with van der Waals surface area (Å²) >= 11 is 2.98. The van der Waals surface area contributed by atoms with Crippen LogP contribution in [0.1, 0.15) is 5.56 Å². The molecule has 0 atom stereocenters. The number of anilines is 1. The number of hydrogen-bond donors (Lipinski definition) is 2. The molecular weight excluding hydrogens is 279 g/mol. The molecule has 15 heavy (non-hydrogen) atoms. The zero-order valence-electron chi connectivity index (χ0n) is 7.31. The average Bonchev–Trinajstić information content (AvgIpc) is 1.99. The van der Waals surface area contributed by atoms with E-state index in [4.69, 9.17) is 10.8 Å². The highest BCUT2D eigenvalue weighted by Crippen LogP contribution is 2.33. The molecule has 0 spiro atoms. The van der Waals surface area contributed by atoms with Crippen LogP contribution in [0.4, 0.5) is 18.9 Å². The van der Waals surface area contributed by atoms with E-state index in [1.54, 1.807) is 0 Å². The number of ether oxygens (including phenoxy) is 1. The highest BCUT2D eigenvalue weighted by Gasteiger charge is 2.32. The molecule has 0 fully saturated rings. The van der Waals surface area contributed by atoms with E-state index in [2.05, 4.69) is 20.7 Å². The molecule has 0 aliphatic carbocycles. The maximum absolute atomic E-state index is 12.0. The van der Waals surface area contributed by atoms with Crippen LogP contribution < -0.4 is 10.5 Å². The maximum atomic E-state index is 12.0. The monoisotopic (exact) mass is 285 g/mol. The highest BCUT2D eigenvalue weighted by atomic mass is 79.9. The Kier molecular flexibility index (Phi) is 3.46. The third-order valence-electron chi connectivity index (χ3n) is 1.56. The summed E-state index contributed by atoms with van der Waals surface area (Å²) in [7, 11) is 0. The number of benzene rings is 1. The first-order valence-corrected chi connectivity index (χ1v) is 4.57. The molecule has 1 rings (SSSR count). The van der Waals surface area contributed by atoms with Crippen LogP contribution in [0, 0.1) is 0 Å². The number of halogens is 4. The third-order valence-corrected chi connectivity index (χ3v) is 2.27. The first kappa shape index (κ1) is 12.1. The van der Waals surface area contributed by atoms with Crippen molar-refractivity contribution in [3.8, 4) is 5.75 Å².